The van der Waals surface area contributed by atoms with E-state index in [1.807, 2.05) is 36.4 Å². The van der Waals surface area contributed by atoms with E-state index in [-0.39, 0.29) is 23.4 Å². The van der Waals surface area contributed by atoms with Crippen molar-refractivity contribution < 1.29 is 18.4 Å². The maximum Gasteiger partial charge on any atom is 0.315 e. The fourth-order valence-corrected chi connectivity index (χ4v) is 5.66. The summed E-state index contributed by atoms with van der Waals surface area (Å²) < 4.78 is 25.0. The summed E-state index contributed by atoms with van der Waals surface area (Å²) in [5.41, 5.74) is 11.8. The molecule has 204 valence electrons. The van der Waals surface area contributed by atoms with Gasteiger partial charge in [0.05, 0.1) is 17.6 Å². The summed E-state index contributed by atoms with van der Waals surface area (Å²) in [5.74, 6) is -1.19. The number of benzene rings is 2. The SMILES string of the molecule is NC1(c2ccc(-c3ncc(NC(=O)CC4CCC(NC(=O)C(F)F)CC4)cc3-c3ccccc3)cc2)CCC1. The highest BCUT2D eigenvalue weighted by Crippen LogP contribution is 2.40. The number of hydrogen-bond donors (Lipinski definition) is 3. The third-order valence-electron chi connectivity index (χ3n) is 8.10. The number of aromatic nitrogens is 1. The average Bonchev–Trinajstić information content (AvgIpc) is 2.93. The largest absolute Gasteiger partial charge is 0.348 e. The minimum Gasteiger partial charge on any atom is -0.348 e. The first kappa shape index (κ1) is 26.9. The Hall–Kier alpha value is -3.65. The Bertz CT molecular complexity index is 1300. The predicted molar refractivity (Wildman–Crippen MR) is 148 cm³/mol. The highest BCUT2D eigenvalue weighted by molar-refractivity contribution is 5.93. The summed E-state index contributed by atoms with van der Waals surface area (Å²) >= 11 is 0. The van der Waals surface area contributed by atoms with E-state index >= 15 is 0 Å². The minimum atomic E-state index is -3.00. The van der Waals surface area contributed by atoms with E-state index in [9.17, 15) is 18.4 Å². The molecule has 1 aromatic heterocycles. The number of alkyl halides is 2. The van der Waals surface area contributed by atoms with Gasteiger partial charge in [-0.1, -0.05) is 54.6 Å². The normalized spacial score (nSPS) is 20.2. The van der Waals surface area contributed by atoms with Gasteiger partial charge in [0.1, 0.15) is 0 Å². The molecule has 0 bridgehead atoms. The van der Waals surface area contributed by atoms with E-state index in [0.717, 1.165) is 47.2 Å². The second kappa shape index (κ2) is 11.6. The van der Waals surface area contributed by atoms with Crippen LogP contribution in [0.4, 0.5) is 14.5 Å². The maximum absolute atomic E-state index is 12.9. The average molecular weight is 533 g/mol. The van der Waals surface area contributed by atoms with E-state index in [1.165, 1.54) is 0 Å². The molecular formula is C31H34F2N4O2. The van der Waals surface area contributed by atoms with Crippen LogP contribution in [-0.4, -0.2) is 29.3 Å². The number of hydrogen-bond acceptors (Lipinski definition) is 4. The van der Waals surface area contributed by atoms with Crippen LogP contribution in [-0.2, 0) is 15.1 Å². The number of carbonyl (C=O) groups is 2. The number of nitrogens with one attached hydrogen (secondary N) is 2. The molecule has 6 nitrogen and oxygen atoms in total. The smallest absolute Gasteiger partial charge is 0.315 e. The van der Waals surface area contributed by atoms with Gasteiger partial charge in [-0.15, -0.1) is 0 Å². The van der Waals surface area contributed by atoms with Crippen molar-refractivity contribution in [1.29, 1.82) is 0 Å². The summed E-state index contributed by atoms with van der Waals surface area (Å²) in [7, 11) is 0. The van der Waals surface area contributed by atoms with Crippen LogP contribution in [0.3, 0.4) is 0 Å². The molecule has 2 aromatic carbocycles. The molecular weight excluding hydrogens is 498 g/mol. The third kappa shape index (κ3) is 6.33. The quantitative estimate of drug-likeness (QED) is 0.330. The number of rotatable bonds is 8. The van der Waals surface area contributed by atoms with Crippen molar-refractivity contribution in [3.63, 3.8) is 0 Å². The van der Waals surface area contributed by atoms with E-state index < -0.39 is 12.3 Å². The number of pyridine rings is 1. The molecule has 2 aliphatic rings. The molecule has 5 rings (SSSR count). The fraction of sp³-hybridized carbons (Fsp3) is 0.387. The second-order valence-corrected chi connectivity index (χ2v) is 10.9. The first-order valence-corrected chi connectivity index (χ1v) is 13.6. The molecule has 4 N–H and O–H groups in total. The fourth-order valence-electron chi connectivity index (χ4n) is 5.66. The molecule has 2 amide bonds. The molecule has 3 aromatic rings. The van der Waals surface area contributed by atoms with E-state index in [1.54, 1.807) is 6.20 Å². The third-order valence-corrected chi connectivity index (χ3v) is 8.10. The molecule has 0 saturated heterocycles. The van der Waals surface area contributed by atoms with E-state index in [2.05, 4.69) is 34.9 Å². The zero-order chi connectivity index (χ0) is 27.4. The number of nitrogens with zero attached hydrogens (tertiary/aromatic N) is 1. The van der Waals surface area contributed by atoms with Crippen molar-refractivity contribution in [2.45, 2.75) is 69.4 Å². The second-order valence-electron chi connectivity index (χ2n) is 10.9. The molecule has 1 heterocycles. The van der Waals surface area contributed by atoms with Crippen molar-refractivity contribution in [1.82, 2.24) is 10.3 Å². The van der Waals surface area contributed by atoms with Crippen LogP contribution in [0, 0.1) is 5.92 Å². The molecule has 2 saturated carbocycles. The highest BCUT2D eigenvalue weighted by Gasteiger charge is 2.34. The molecule has 8 heteroatoms. The summed E-state index contributed by atoms with van der Waals surface area (Å²) in [6, 6.07) is 20.0. The van der Waals surface area contributed by atoms with Gasteiger partial charge in [0.2, 0.25) is 5.91 Å². The maximum atomic E-state index is 12.9. The Balaban J connectivity index is 1.27. The van der Waals surface area contributed by atoms with Gasteiger partial charge < -0.3 is 16.4 Å². The van der Waals surface area contributed by atoms with Gasteiger partial charge in [-0.2, -0.15) is 8.78 Å². The lowest BCUT2D eigenvalue weighted by Gasteiger charge is -2.38. The van der Waals surface area contributed by atoms with Crippen LogP contribution in [0.15, 0.2) is 66.9 Å². The van der Waals surface area contributed by atoms with Crippen LogP contribution in [0.1, 0.15) is 56.9 Å². The van der Waals surface area contributed by atoms with Gasteiger partial charge in [0, 0.05) is 29.1 Å². The molecule has 39 heavy (non-hydrogen) atoms. The number of halogens is 2. The van der Waals surface area contributed by atoms with Crippen molar-refractivity contribution >= 4 is 17.5 Å². The highest BCUT2D eigenvalue weighted by atomic mass is 19.3. The van der Waals surface area contributed by atoms with Crippen molar-refractivity contribution in [2.24, 2.45) is 11.7 Å². The summed E-state index contributed by atoms with van der Waals surface area (Å²) in [6.07, 6.45) is 4.77. The van der Waals surface area contributed by atoms with E-state index in [4.69, 9.17) is 10.7 Å². The number of amides is 2. The first-order valence-electron chi connectivity index (χ1n) is 13.6. The zero-order valence-corrected chi connectivity index (χ0v) is 21.8. The van der Waals surface area contributed by atoms with Crippen LogP contribution in [0.2, 0.25) is 0 Å². The molecule has 0 atom stereocenters. The topological polar surface area (TPSA) is 97.1 Å². The van der Waals surface area contributed by atoms with E-state index in [0.29, 0.717) is 37.8 Å². The van der Waals surface area contributed by atoms with Gasteiger partial charge in [0.15, 0.2) is 0 Å². The Morgan fingerprint density at radius 2 is 1.67 bits per heavy atom. The van der Waals surface area contributed by atoms with Crippen molar-refractivity contribution in [2.75, 3.05) is 5.32 Å². The molecule has 0 radical (unpaired) electrons. The van der Waals surface area contributed by atoms with Crippen LogP contribution >= 0.6 is 0 Å². The molecule has 0 spiro atoms. The van der Waals surface area contributed by atoms with Crippen LogP contribution in [0.25, 0.3) is 22.4 Å². The Kier molecular flexibility index (Phi) is 8.02. The van der Waals surface area contributed by atoms with Crippen molar-refractivity contribution in [3.8, 4) is 22.4 Å². The van der Waals surface area contributed by atoms with Crippen LogP contribution < -0.4 is 16.4 Å². The molecule has 0 unspecified atom stereocenters. The summed E-state index contributed by atoms with van der Waals surface area (Å²) in [6.45, 7) is 0. The molecule has 2 fully saturated rings. The lowest BCUT2D eigenvalue weighted by Crippen LogP contribution is -2.43. The number of anilines is 1. The molecule has 2 aliphatic carbocycles. The standard InChI is InChI=1S/C31H34F2N4O2/c32-29(33)30(39)37-24-13-7-20(8-14-24)17-27(38)36-25-18-26(21-5-2-1-3-6-21)28(35-19-25)22-9-11-23(12-10-22)31(34)15-4-16-31/h1-3,5-6,9-12,18-20,24,29H,4,7-8,13-17,34H2,(H,36,38)(H,37,39). The van der Waals surface area contributed by atoms with Gasteiger partial charge >= 0.3 is 6.43 Å². The van der Waals surface area contributed by atoms with Crippen molar-refractivity contribution in [3.05, 3.63) is 72.4 Å². The summed E-state index contributed by atoms with van der Waals surface area (Å²) in [4.78, 5) is 28.9. The molecule has 0 aliphatic heterocycles. The Morgan fingerprint density at radius 1 is 0.974 bits per heavy atom. The predicted octanol–water partition coefficient (Wildman–Crippen LogP) is 6.02. The van der Waals surface area contributed by atoms with Gasteiger partial charge in [0.25, 0.3) is 5.91 Å². The Morgan fingerprint density at radius 3 is 2.28 bits per heavy atom. The first-order chi connectivity index (χ1) is 18.8. The lowest BCUT2D eigenvalue weighted by molar-refractivity contribution is -0.132. The number of carbonyl (C=O) groups excluding carboxylic acids is 2. The summed E-state index contributed by atoms with van der Waals surface area (Å²) in [5, 5.41) is 5.38. The minimum absolute atomic E-state index is 0.110. The number of nitrogens with two attached hydrogens (primary N) is 1. The lowest BCUT2D eigenvalue weighted by atomic mass is 9.72. The Labute approximate surface area is 227 Å². The van der Waals surface area contributed by atoms with Gasteiger partial charge in [-0.3, -0.25) is 14.6 Å². The monoisotopic (exact) mass is 532 g/mol. The van der Waals surface area contributed by atoms with Crippen LogP contribution in [0.5, 0.6) is 0 Å². The zero-order valence-electron chi connectivity index (χ0n) is 21.8. The van der Waals surface area contributed by atoms with Gasteiger partial charge in [-0.25, -0.2) is 0 Å². The van der Waals surface area contributed by atoms with Gasteiger partial charge in [-0.05, 0) is 68.1 Å².